The van der Waals surface area contributed by atoms with Gasteiger partial charge in [-0.3, -0.25) is 9.69 Å². The Hall–Kier alpha value is -4.16. The van der Waals surface area contributed by atoms with Crippen LogP contribution in [0.15, 0.2) is 70.9 Å². The molecule has 11 nitrogen and oxygen atoms in total. The largest absolute Gasteiger partial charge is 0.394 e. The molecule has 1 aromatic carbocycles. The van der Waals surface area contributed by atoms with Crippen molar-refractivity contribution < 1.29 is 9.50 Å². The molecule has 6 rings (SSSR count). The third kappa shape index (κ3) is 4.73. The van der Waals surface area contributed by atoms with Gasteiger partial charge in [0, 0.05) is 56.3 Å². The molecule has 0 saturated carbocycles. The highest BCUT2D eigenvalue weighted by Crippen LogP contribution is 2.37. The monoisotopic (exact) mass is 544 g/mol. The molecule has 0 spiro atoms. The summed E-state index contributed by atoms with van der Waals surface area (Å²) in [5.74, 6) is 1.40. The Bertz CT molecular complexity index is 1440. The van der Waals surface area contributed by atoms with Gasteiger partial charge < -0.3 is 20.6 Å². The number of amidine groups is 1. The van der Waals surface area contributed by atoms with E-state index in [1.807, 2.05) is 24.3 Å². The predicted molar refractivity (Wildman–Crippen MR) is 150 cm³/mol. The summed E-state index contributed by atoms with van der Waals surface area (Å²) in [7, 11) is 0. The minimum absolute atomic E-state index is 0.0548. The highest BCUT2D eigenvalue weighted by atomic mass is 19.1. The van der Waals surface area contributed by atoms with Gasteiger partial charge in [-0.05, 0) is 43.2 Å². The average Bonchev–Trinajstić information content (AvgIpc) is 3.58. The van der Waals surface area contributed by atoms with Crippen molar-refractivity contribution in [2.24, 2.45) is 15.8 Å². The van der Waals surface area contributed by atoms with Crippen molar-refractivity contribution >= 4 is 18.1 Å². The van der Waals surface area contributed by atoms with Gasteiger partial charge in [-0.15, -0.1) is 0 Å². The number of hydrogen-bond acceptors (Lipinski definition) is 10. The number of aromatic nitrogens is 4. The summed E-state index contributed by atoms with van der Waals surface area (Å²) in [5, 5.41) is 20.2. The van der Waals surface area contributed by atoms with E-state index in [9.17, 15) is 9.50 Å². The summed E-state index contributed by atoms with van der Waals surface area (Å²) in [6.45, 7) is 7.57. The van der Waals surface area contributed by atoms with Crippen LogP contribution in [-0.4, -0.2) is 85.8 Å². The fourth-order valence-corrected chi connectivity index (χ4v) is 5.53. The Kier molecular flexibility index (Phi) is 6.80. The van der Waals surface area contributed by atoms with E-state index >= 15 is 0 Å². The lowest BCUT2D eigenvalue weighted by atomic mass is 9.87. The normalized spacial score (nSPS) is 22.2. The molecule has 208 valence electrons. The summed E-state index contributed by atoms with van der Waals surface area (Å²) in [4.78, 5) is 18.3. The zero-order chi connectivity index (χ0) is 27.9. The number of hydrogen-bond donors (Lipinski definition) is 2. The molecular formula is C28H33FN10O. The lowest BCUT2D eigenvalue weighted by molar-refractivity contribution is 0.269. The zero-order valence-corrected chi connectivity index (χ0v) is 22.6. The van der Waals surface area contributed by atoms with Gasteiger partial charge in [-0.1, -0.05) is 12.1 Å². The van der Waals surface area contributed by atoms with Crippen molar-refractivity contribution in [3.05, 3.63) is 83.3 Å². The van der Waals surface area contributed by atoms with Gasteiger partial charge in [0.25, 0.3) is 0 Å². The summed E-state index contributed by atoms with van der Waals surface area (Å²) < 4.78 is 15.1. The van der Waals surface area contributed by atoms with E-state index < -0.39 is 5.54 Å². The maximum absolute atomic E-state index is 13.4. The van der Waals surface area contributed by atoms with Crippen LogP contribution in [0, 0.1) is 5.82 Å². The van der Waals surface area contributed by atoms with Crippen LogP contribution in [0.25, 0.3) is 0 Å². The number of aliphatic imine (C=N–C) groups is 1. The number of hydrazone groups is 1. The van der Waals surface area contributed by atoms with Crippen molar-refractivity contribution in [2.45, 2.75) is 37.9 Å². The number of halogens is 1. The van der Waals surface area contributed by atoms with Crippen LogP contribution in [0.3, 0.4) is 0 Å². The summed E-state index contributed by atoms with van der Waals surface area (Å²) >= 11 is 0. The number of aliphatic hydroxyl groups is 1. The van der Waals surface area contributed by atoms with Crippen molar-refractivity contribution in [3.63, 3.8) is 0 Å². The predicted octanol–water partition coefficient (Wildman–Crippen LogP) is 1.88. The van der Waals surface area contributed by atoms with Crippen LogP contribution in [0.4, 0.5) is 10.3 Å². The second-order valence-corrected chi connectivity index (χ2v) is 10.6. The topological polar surface area (TPSA) is 124 Å². The molecule has 3 aliphatic heterocycles. The summed E-state index contributed by atoms with van der Waals surface area (Å²) in [6.07, 6.45) is 11.2. The van der Waals surface area contributed by atoms with Gasteiger partial charge in [-0.25, -0.2) is 19.4 Å². The van der Waals surface area contributed by atoms with Gasteiger partial charge >= 0.3 is 0 Å². The fraction of sp³-hybridized carbons (Fsp3) is 0.393. The summed E-state index contributed by atoms with van der Waals surface area (Å²) in [6, 6.07) is 6.32. The van der Waals surface area contributed by atoms with E-state index in [0.29, 0.717) is 12.5 Å². The number of nitrogens with two attached hydrogens (primary N) is 1. The minimum atomic E-state index is -0.834. The Balaban J connectivity index is 1.12. The molecule has 0 bridgehead atoms. The van der Waals surface area contributed by atoms with Crippen molar-refractivity contribution in [3.8, 4) is 0 Å². The van der Waals surface area contributed by atoms with E-state index in [1.54, 1.807) is 35.5 Å². The van der Waals surface area contributed by atoms with Crippen LogP contribution in [0.2, 0.25) is 0 Å². The lowest BCUT2D eigenvalue weighted by Gasteiger charge is -2.38. The number of rotatable bonds is 6. The quantitative estimate of drug-likeness (QED) is 0.482. The second-order valence-electron chi connectivity index (χ2n) is 10.6. The molecule has 0 radical (unpaired) electrons. The SMILES string of the molecule is CC1C(c2cnn(CCO)c2)C=C2C(N3CCN(c4ncc([C@@](C)(N)c5ccc(F)cc5)cn4)CC3)=NC=NN21. The fourth-order valence-electron chi connectivity index (χ4n) is 5.53. The summed E-state index contributed by atoms with van der Waals surface area (Å²) in [5.41, 5.74) is 9.40. The van der Waals surface area contributed by atoms with E-state index in [4.69, 9.17) is 5.73 Å². The molecule has 12 heteroatoms. The molecular weight excluding hydrogens is 511 g/mol. The van der Waals surface area contributed by atoms with Gasteiger partial charge in [0.05, 0.1) is 36.6 Å². The first-order valence-electron chi connectivity index (χ1n) is 13.5. The smallest absolute Gasteiger partial charge is 0.225 e. The Morgan fingerprint density at radius 1 is 1.02 bits per heavy atom. The number of anilines is 1. The van der Waals surface area contributed by atoms with Crippen LogP contribution >= 0.6 is 0 Å². The molecule has 0 aliphatic carbocycles. The second kappa shape index (κ2) is 10.4. The molecule has 5 heterocycles. The lowest BCUT2D eigenvalue weighted by Crippen LogP contribution is -2.51. The van der Waals surface area contributed by atoms with Gasteiger partial charge in [-0.2, -0.15) is 10.2 Å². The average molecular weight is 545 g/mol. The first-order chi connectivity index (χ1) is 19.3. The molecule has 1 fully saturated rings. The van der Waals surface area contributed by atoms with E-state index in [2.05, 4.69) is 48.0 Å². The van der Waals surface area contributed by atoms with Gasteiger partial charge in [0.1, 0.15) is 12.2 Å². The third-order valence-electron chi connectivity index (χ3n) is 7.99. The first-order valence-corrected chi connectivity index (χ1v) is 13.5. The Morgan fingerprint density at radius 2 is 1.73 bits per heavy atom. The molecule has 3 aromatic rings. The van der Waals surface area contributed by atoms with E-state index in [-0.39, 0.29) is 24.4 Å². The third-order valence-corrected chi connectivity index (χ3v) is 7.99. The highest BCUT2D eigenvalue weighted by molar-refractivity contribution is 6.03. The molecule has 0 amide bonds. The highest BCUT2D eigenvalue weighted by Gasteiger charge is 2.38. The molecule has 3 aliphatic rings. The number of fused-ring (bicyclic) bond motifs is 1. The van der Waals surface area contributed by atoms with Crippen LogP contribution in [-0.2, 0) is 12.1 Å². The molecule has 2 aromatic heterocycles. The van der Waals surface area contributed by atoms with Crippen LogP contribution in [0.5, 0.6) is 0 Å². The maximum Gasteiger partial charge on any atom is 0.225 e. The van der Waals surface area contributed by atoms with Crippen molar-refractivity contribution in [1.82, 2.24) is 29.7 Å². The zero-order valence-electron chi connectivity index (χ0n) is 22.6. The maximum atomic E-state index is 13.4. The van der Waals surface area contributed by atoms with Gasteiger partial charge in [0.15, 0.2) is 5.84 Å². The van der Waals surface area contributed by atoms with E-state index in [1.165, 1.54) is 12.1 Å². The van der Waals surface area contributed by atoms with Crippen LogP contribution in [0.1, 0.15) is 36.5 Å². The first kappa shape index (κ1) is 26.1. The number of aliphatic hydroxyl groups excluding tert-OH is 1. The van der Waals surface area contributed by atoms with E-state index in [0.717, 1.165) is 54.4 Å². The molecule has 2 unspecified atom stereocenters. The van der Waals surface area contributed by atoms with Crippen molar-refractivity contribution in [2.75, 3.05) is 37.7 Å². The number of nitrogens with zero attached hydrogens (tertiary/aromatic N) is 9. The van der Waals surface area contributed by atoms with Crippen molar-refractivity contribution in [1.29, 1.82) is 0 Å². The van der Waals surface area contributed by atoms with Gasteiger partial charge in [0.2, 0.25) is 5.95 Å². The Labute approximate surface area is 232 Å². The van der Waals surface area contributed by atoms with Crippen LogP contribution < -0.4 is 10.6 Å². The standard InChI is InChI=1S/C28H33FN10O/c1-19-24(20-14-34-38(17-20)11-12-40)13-25-26(33-18-35-39(19)25)36-7-9-37(10-8-36)27-31-15-22(16-32-27)28(2,30)21-3-5-23(29)6-4-21/h3-6,13-19,24,40H,7-12,30H2,1-2H3/t19?,24?,28-/m0/s1. The molecule has 40 heavy (non-hydrogen) atoms. The number of benzene rings is 1. The number of piperazine rings is 1. The molecule has 3 N–H and O–H groups in total. The molecule has 3 atom stereocenters. The minimum Gasteiger partial charge on any atom is -0.394 e. The Morgan fingerprint density at radius 3 is 2.42 bits per heavy atom. The molecule has 1 saturated heterocycles.